The SMILES string of the molecule is Cc1ccc(-c2csc(N3CCN(S(=O)(=O)c4cc(F)ccc4C)CC3)n2)cc1C. The molecule has 1 saturated heterocycles. The van der Waals surface area contributed by atoms with Crippen LogP contribution in [-0.2, 0) is 10.0 Å². The molecule has 0 spiro atoms. The topological polar surface area (TPSA) is 53.5 Å². The summed E-state index contributed by atoms with van der Waals surface area (Å²) in [6.45, 7) is 7.65. The van der Waals surface area contributed by atoms with E-state index < -0.39 is 15.8 Å². The fraction of sp³-hybridized carbons (Fsp3) is 0.318. The van der Waals surface area contributed by atoms with E-state index >= 15 is 0 Å². The van der Waals surface area contributed by atoms with Gasteiger partial charge in [-0.3, -0.25) is 0 Å². The van der Waals surface area contributed by atoms with E-state index in [9.17, 15) is 12.8 Å². The summed E-state index contributed by atoms with van der Waals surface area (Å²) in [5, 5.41) is 2.93. The Kier molecular flexibility index (Phi) is 5.65. The largest absolute Gasteiger partial charge is 0.345 e. The molecule has 2 aromatic carbocycles. The number of aromatic nitrogens is 1. The number of anilines is 1. The van der Waals surface area contributed by atoms with Crippen LogP contribution in [0.2, 0.25) is 0 Å². The molecule has 0 amide bonds. The third-order valence-electron chi connectivity index (χ3n) is 5.57. The minimum atomic E-state index is -3.72. The average Bonchev–Trinajstić information content (AvgIpc) is 3.22. The van der Waals surface area contributed by atoms with Crippen LogP contribution in [0.3, 0.4) is 0 Å². The van der Waals surface area contributed by atoms with E-state index in [1.54, 1.807) is 18.3 Å². The molecule has 0 radical (unpaired) electrons. The zero-order chi connectivity index (χ0) is 21.5. The third kappa shape index (κ3) is 3.99. The molecule has 0 saturated carbocycles. The van der Waals surface area contributed by atoms with Crippen molar-refractivity contribution in [2.45, 2.75) is 25.7 Å². The summed E-state index contributed by atoms with van der Waals surface area (Å²) in [4.78, 5) is 6.93. The first-order chi connectivity index (χ1) is 14.3. The number of hydrogen-bond donors (Lipinski definition) is 0. The van der Waals surface area contributed by atoms with Crippen molar-refractivity contribution < 1.29 is 12.8 Å². The number of benzene rings is 2. The lowest BCUT2D eigenvalue weighted by Gasteiger charge is -2.34. The number of sulfonamides is 1. The average molecular weight is 446 g/mol. The molecule has 1 aliphatic rings. The van der Waals surface area contributed by atoms with Gasteiger partial charge in [0.2, 0.25) is 10.0 Å². The van der Waals surface area contributed by atoms with Crippen LogP contribution in [0.1, 0.15) is 16.7 Å². The first-order valence-corrected chi connectivity index (χ1v) is 12.1. The van der Waals surface area contributed by atoms with Gasteiger partial charge in [0.1, 0.15) is 5.82 Å². The highest BCUT2D eigenvalue weighted by Gasteiger charge is 2.30. The van der Waals surface area contributed by atoms with Crippen LogP contribution in [0.15, 0.2) is 46.7 Å². The second-order valence-electron chi connectivity index (χ2n) is 7.62. The molecule has 0 unspecified atom stereocenters. The zero-order valence-corrected chi connectivity index (χ0v) is 18.9. The number of rotatable bonds is 4. The van der Waals surface area contributed by atoms with E-state index in [0.717, 1.165) is 22.5 Å². The molecule has 8 heteroatoms. The Labute approximate surface area is 180 Å². The Bertz CT molecular complexity index is 1180. The van der Waals surface area contributed by atoms with E-state index in [-0.39, 0.29) is 4.90 Å². The summed E-state index contributed by atoms with van der Waals surface area (Å²) in [5.74, 6) is -0.542. The summed E-state index contributed by atoms with van der Waals surface area (Å²) in [6.07, 6.45) is 0. The summed E-state index contributed by atoms with van der Waals surface area (Å²) in [5.41, 5.74) is 5.05. The van der Waals surface area contributed by atoms with Crippen molar-refractivity contribution in [2.24, 2.45) is 0 Å². The number of piperazine rings is 1. The van der Waals surface area contributed by atoms with Crippen molar-refractivity contribution in [3.8, 4) is 11.3 Å². The molecule has 1 aliphatic heterocycles. The molecule has 0 atom stereocenters. The quantitative estimate of drug-likeness (QED) is 0.598. The van der Waals surface area contributed by atoms with Crippen LogP contribution in [0, 0.1) is 26.6 Å². The summed E-state index contributed by atoms with van der Waals surface area (Å²) < 4.78 is 41.0. The van der Waals surface area contributed by atoms with Gasteiger partial charge in [-0.2, -0.15) is 4.31 Å². The third-order valence-corrected chi connectivity index (χ3v) is 8.51. The summed E-state index contributed by atoms with van der Waals surface area (Å²) >= 11 is 1.57. The van der Waals surface area contributed by atoms with E-state index in [4.69, 9.17) is 4.98 Å². The molecule has 2 heterocycles. The Morgan fingerprint density at radius 2 is 1.63 bits per heavy atom. The number of halogens is 1. The van der Waals surface area contributed by atoms with Crippen LogP contribution in [0.25, 0.3) is 11.3 Å². The van der Waals surface area contributed by atoms with Crippen LogP contribution in [-0.4, -0.2) is 43.9 Å². The lowest BCUT2D eigenvalue weighted by atomic mass is 10.1. The first kappa shape index (κ1) is 21.0. The lowest BCUT2D eigenvalue weighted by molar-refractivity contribution is 0.384. The van der Waals surface area contributed by atoms with Crippen molar-refractivity contribution in [1.82, 2.24) is 9.29 Å². The molecule has 0 N–H and O–H groups in total. The Morgan fingerprint density at radius 3 is 2.33 bits per heavy atom. The predicted molar refractivity (Wildman–Crippen MR) is 119 cm³/mol. The van der Waals surface area contributed by atoms with Crippen LogP contribution in [0.5, 0.6) is 0 Å². The van der Waals surface area contributed by atoms with Crippen molar-refractivity contribution in [3.63, 3.8) is 0 Å². The van der Waals surface area contributed by atoms with Gasteiger partial charge < -0.3 is 4.90 Å². The fourth-order valence-electron chi connectivity index (χ4n) is 3.55. The maximum atomic E-state index is 13.6. The van der Waals surface area contributed by atoms with Crippen LogP contribution in [0.4, 0.5) is 9.52 Å². The smallest absolute Gasteiger partial charge is 0.243 e. The van der Waals surface area contributed by atoms with Gasteiger partial charge in [-0.1, -0.05) is 18.2 Å². The van der Waals surface area contributed by atoms with E-state index in [0.29, 0.717) is 31.7 Å². The molecule has 30 heavy (non-hydrogen) atoms. The summed E-state index contributed by atoms with van der Waals surface area (Å²) in [6, 6.07) is 10.2. The fourth-order valence-corrected chi connectivity index (χ4v) is 6.10. The van der Waals surface area contributed by atoms with Gasteiger partial charge in [-0.05, 0) is 55.7 Å². The molecule has 3 aromatic rings. The van der Waals surface area contributed by atoms with Gasteiger partial charge in [-0.15, -0.1) is 11.3 Å². The number of thiazole rings is 1. The second kappa shape index (κ2) is 8.09. The molecular formula is C22H24FN3O2S2. The number of nitrogens with zero attached hydrogens (tertiary/aromatic N) is 3. The molecule has 4 rings (SSSR count). The summed E-state index contributed by atoms with van der Waals surface area (Å²) in [7, 11) is -3.72. The zero-order valence-electron chi connectivity index (χ0n) is 17.2. The number of aryl methyl sites for hydroxylation is 3. The minimum absolute atomic E-state index is 0.0437. The van der Waals surface area contributed by atoms with Crippen LogP contribution < -0.4 is 4.90 Å². The second-order valence-corrected chi connectivity index (χ2v) is 10.4. The molecule has 158 valence electrons. The van der Waals surface area contributed by atoms with E-state index in [2.05, 4.69) is 36.9 Å². The monoisotopic (exact) mass is 445 g/mol. The van der Waals surface area contributed by atoms with Crippen molar-refractivity contribution in [2.75, 3.05) is 31.1 Å². The predicted octanol–water partition coefficient (Wildman–Crippen LogP) is 4.39. The Hall–Kier alpha value is -2.29. The van der Waals surface area contributed by atoms with Gasteiger partial charge in [0.25, 0.3) is 0 Å². The maximum absolute atomic E-state index is 13.6. The Balaban J connectivity index is 1.48. The molecule has 0 bridgehead atoms. The first-order valence-electron chi connectivity index (χ1n) is 9.80. The highest BCUT2D eigenvalue weighted by molar-refractivity contribution is 7.89. The van der Waals surface area contributed by atoms with E-state index in [1.807, 2.05) is 5.38 Å². The van der Waals surface area contributed by atoms with E-state index in [1.165, 1.54) is 27.6 Å². The van der Waals surface area contributed by atoms with Gasteiger partial charge in [0.15, 0.2) is 5.13 Å². The Morgan fingerprint density at radius 1 is 0.933 bits per heavy atom. The normalized spacial score (nSPS) is 15.5. The highest BCUT2D eigenvalue weighted by atomic mass is 32.2. The standard InChI is InChI=1S/C22H24FN3O2S2/c1-15-4-6-18(12-17(15)3)20-14-29-22(24-20)25-8-10-26(11-9-25)30(27,28)21-13-19(23)7-5-16(21)2/h4-7,12-14H,8-11H2,1-3H3. The maximum Gasteiger partial charge on any atom is 0.243 e. The highest BCUT2D eigenvalue weighted by Crippen LogP contribution is 2.30. The van der Waals surface area contributed by atoms with Crippen molar-refractivity contribution in [3.05, 3.63) is 64.3 Å². The van der Waals surface area contributed by atoms with Crippen LogP contribution >= 0.6 is 11.3 Å². The van der Waals surface area contributed by atoms with Gasteiger partial charge in [0, 0.05) is 37.1 Å². The van der Waals surface area contributed by atoms with Crippen molar-refractivity contribution >= 4 is 26.5 Å². The van der Waals surface area contributed by atoms with Gasteiger partial charge in [0.05, 0.1) is 10.6 Å². The molecule has 1 fully saturated rings. The molecule has 0 aliphatic carbocycles. The van der Waals surface area contributed by atoms with Gasteiger partial charge >= 0.3 is 0 Å². The molecule has 5 nitrogen and oxygen atoms in total. The molecule has 1 aromatic heterocycles. The minimum Gasteiger partial charge on any atom is -0.345 e. The van der Waals surface area contributed by atoms with Crippen molar-refractivity contribution in [1.29, 1.82) is 0 Å². The number of hydrogen-bond acceptors (Lipinski definition) is 5. The lowest BCUT2D eigenvalue weighted by Crippen LogP contribution is -2.48. The molecular weight excluding hydrogens is 421 g/mol. The van der Waals surface area contributed by atoms with Gasteiger partial charge in [-0.25, -0.2) is 17.8 Å².